The van der Waals surface area contributed by atoms with E-state index in [1.807, 2.05) is 30.3 Å². The summed E-state index contributed by atoms with van der Waals surface area (Å²) in [6.45, 7) is 1.65. The predicted molar refractivity (Wildman–Crippen MR) is 92.9 cm³/mol. The highest BCUT2D eigenvalue weighted by molar-refractivity contribution is 5.77. The molecule has 3 aromatic rings. The van der Waals surface area contributed by atoms with E-state index >= 15 is 0 Å². The number of esters is 1. The minimum Gasteiger partial charge on any atom is -0.479 e. The average molecular weight is 335 g/mol. The molecule has 1 atom stereocenters. The molecule has 0 fully saturated rings. The molecule has 0 aliphatic carbocycles. The van der Waals surface area contributed by atoms with Gasteiger partial charge in [-0.2, -0.15) is 0 Å². The summed E-state index contributed by atoms with van der Waals surface area (Å²) in [6, 6.07) is 21.3. The summed E-state index contributed by atoms with van der Waals surface area (Å²) >= 11 is 0. The van der Waals surface area contributed by atoms with Crippen LogP contribution in [0.3, 0.4) is 0 Å². The zero-order valence-corrected chi connectivity index (χ0v) is 13.7. The highest BCUT2D eigenvalue weighted by Gasteiger charge is 2.17. The summed E-state index contributed by atoms with van der Waals surface area (Å²) in [7, 11) is 0. The van der Waals surface area contributed by atoms with Crippen molar-refractivity contribution in [2.24, 2.45) is 0 Å². The molecule has 0 radical (unpaired) electrons. The number of para-hydroxylation sites is 1. The Morgan fingerprint density at radius 3 is 2.20 bits per heavy atom. The number of aromatic nitrogens is 1. The van der Waals surface area contributed by atoms with E-state index in [9.17, 15) is 4.79 Å². The van der Waals surface area contributed by atoms with Gasteiger partial charge in [0.2, 0.25) is 5.88 Å². The van der Waals surface area contributed by atoms with Crippen molar-refractivity contribution in [3.05, 3.63) is 79.0 Å². The molecule has 5 nitrogen and oxygen atoms in total. The lowest BCUT2D eigenvalue weighted by Gasteiger charge is -2.14. The number of hydrogen-bond acceptors (Lipinski definition) is 5. The Morgan fingerprint density at radius 2 is 1.52 bits per heavy atom. The zero-order valence-electron chi connectivity index (χ0n) is 13.7. The van der Waals surface area contributed by atoms with Crippen LogP contribution in [0, 0.1) is 0 Å². The molecule has 2 aromatic carbocycles. The number of rotatable bonds is 6. The number of carbonyl (C=O) groups excluding carboxylic acids is 1. The first kappa shape index (κ1) is 16.5. The number of nitrogens with zero attached hydrogens (tertiary/aromatic N) is 1. The van der Waals surface area contributed by atoms with Crippen molar-refractivity contribution in [1.82, 2.24) is 4.98 Å². The standard InChI is InChI=1S/C20H17NO4/c1-15(23-16-7-3-2-4-8-16)20(22)25-18-12-10-17(11-13-18)24-19-9-5-6-14-21-19/h2-15H,1H3. The van der Waals surface area contributed by atoms with Crippen molar-refractivity contribution in [1.29, 1.82) is 0 Å². The van der Waals surface area contributed by atoms with E-state index < -0.39 is 12.1 Å². The van der Waals surface area contributed by atoms with Crippen LogP contribution in [0.2, 0.25) is 0 Å². The molecule has 0 aliphatic rings. The normalized spacial score (nSPS) is 11.4. The molecule has 1 heterocycles. The Kier molecular flexibility index (Phi) is 5.26. The molecular weight excluding hydrogens is 318 g/mol. The van der Waals surface area contributed by atoms with Crippen LogP contribution >= 0.6 is 0 Å². The molecule has 0 aliphatic heterocycles. The number of carbonyl (C=O) groups is 1. The Morgan fingerprint density at radius 1 is 0.840 bits per heavy atom. The van der Waals surface area contributed by atoms with E-state index in [1.54, 1.807) is 55.6 Å². The maximum Gasteiger partial charge on any atom is 0.352 e. The third kappa shape index (κ3) is 4.81. The van der Waals surface area contributed by atoms with Crippen LogP contribution < -0.4 is 14.2 Å². The number of ether oxygens (including phenoxy) is 3. The van der Waals surface area contributed by atoms with Crippen LogP contribution in [0.4, 0.5) is 0 Å². The second-order valence-electron chi connectivity index (χ2n) is 5.24. The molecule has 1 aromatic heterocycles. The molecule has 3 rings (SSSR count). The Hall–Kier alpha value is -3.34. The summed E-state index contributed by atoms with van der Waals surface area (Å²) in [5, 5.41) is 0. The van der Waals surface area contributed by atoms with Crippen LogP contribution in [-0.2, 0) is 4.79 Å². The molecule has 0 saturated heterocycles. The van der Waals surface area contributed by atoms with Crippen molar-refractivity contribution in [3.8, 4) is 23.1 Å². The van der Waals surface area contributed by atoms with Gasteiger partial charge in [0.1, 0.15) is 17.2 Å². The topological polar surface area (TPSA) is 57.7 Å². The maximum absolute atomic E-state index is 12.1. The fourth-order valence-electron chi connectivity index (χ4n) is 2.05. The summed E-state index contributed by atoms with van der Waals surface area (Å²) in [4.78, 5) is 16.2. The molecule has 0 spiro atoms. The quantitative estimate of drug-likeness (QED) is 0.498. The maximum atomic E-state index is 12.1. The van der Waals surface area contributed by atoms with E-state index in [1.165, 1.54) is 0 Å². The first-order valence-electron chi connectivity index (χ1n) is 7.83. The molecule has 0 bridgehead atoms. The van der Waals surface area contributed by atoms with E-state index in [4.69, 9.17) is 14.2 Å². The molecule has 1 unspecified atom stereocenters. The highest BCUT2D eigenvalue weighted by atomic mass is 16.6. The summed E-state index contributed by atoms with van der Waals surface area (Å²) in [6.07, 6.45) is 0.937. The van der Waals surface area contributed by atoms with Crippen LogP contribution in [0.15, 0.2) is 79.0 Å². The molecule has 0 saturated carbocycles. The third-order valence-electron chi connectivity index (χ3n) is 3.29. The number of pyridine rings is 1. The Bertz CT molecular complexity index is 804. The van der Waals surface area contributed by atoms with E-state index in [2.05, 4.69) is 4.98 Å². The minimum absolute atomic E-state index is 0.418. The average Bonchev–Trinajstić information content (AvgIpc) is 2.65. The van der Waals surface area contributed by atoms with Crippen molar-refractivity contribution in [3.63, 3.8) is 0 Å². The van der Waals surface area contributed by atoms with Gasteiger partial charge in [0.05, 0.1) is 0 Å². The molecule has 126 valence electrons. The lowest BCUT2D eigenvalue weighted by atomic mass is 10.3. The van der Waals surface area contributed by atoms with Gasteiger partial charge in [-0.05, 0) is 49.4 Å². The number of hydrogen-bond donors (Lipinski definition) is 0. The van der Waals surface area contributed by atoms with Gasteiger partial charge >= 0.3 is 5.97 Å². The van der Waals surface area contributed by atoms with Crippen LogP contribution in [-0.4, -0.2) is 17.1 Å². The van der Waals surface area contributed by atoms with Gasteiger partial charge < -0.3 is 14.2 Å². The summed E-state index contributed by atoms with van der Waals surface area (Å²) in [5.74, 6) is 1.67. The van der Waals surface area contributed by atoms with Gasteiger partial charge in [0, 0.05) is 12.3 Å². The number of benzene rings is 2. The van der Waals surface area contributed by atoms with E-state index in [0.29, 0.717) is 23.1 Å². The fraction of sp³-hybridized carbons (Fsp3) is 0.100. The van der Waals surface area contributed by atoms with Crippen molar-refractivity contribution < 1.29 is 19.0 Å². The van der Waals surface area contributed by atoms with Gasteiger partial charge in [0.25, 0.3) is 0 Å². The monoisotopic (exact) mass is 335 g/mol. The molecule has 25 heavy (non-hydrogen) atoms. The molecular formula is C20H17NO4. The Balaban J connectivity index is 1.56. The van der Waals surface area contributed by atoms with Gasteiger partial charge in [0.15, 0.2) is 6.10 Å². The SMILES string of the molecule is CC(Oc1ccccc1)C(=O)Oc1ccc(Oc2ccccn2)cc1. The second kappa shape index (κ2) is 7.97. The van der Waals surface area contributed by atoms with Gasteiger partial charge in [-0.15, -0.1) is 0 Å². The molecule has 0 N–H and O–H groups in total. The molecule has 0 amide bonds. The van der Waals surface area contributed by atoms with Gasteiger partial charge in [-0.1, -0.05) is 24.3 Å². The first-order valence-corrected chi connectivity index (χ1v) is 7.83. The first-order chi connectivity index (χ1) is 12.2. The van der Waals surface area contributed by atoms with Crippen molar-refractivity contribution >= 4 is 5.97 Å². The lowest BCUT2D eigenvalue weighted by molar-refractivity contribution is -0.141. The van der Waals surface area contributed by atoms with E-state index in [0.717, 1.165) is 0 Å². The Labute approximate surface area is 145 Å². The van der Waals surface area contributed by atoms with Crippen molar-refractivity contribution in [2.75, 3.05) is 0 Å². The molecule has 5 heteroatoms. The van der Waals surface area contributed by atoms with E-state index in [-0.39, 0.29) is 0 Å². The predicted octanol–water partition coefficient (Wildman–Crippen LogP) is 4.25. The van der Waals surface area contributed by atoms with Crippen LogP contribution in [0.5, 0.6) is 23.1 Å². The second-order valence-corrected chi connectivity index (χ2v) is 5.24. The fourth-order valence-corrected chi connectivity index (χ4v) is 2.05. The third-order valence-corrected chi connectivity index (χ3v) is 3.29. The lowest BCUT2D eigenvalue weighted by Crippen LogP contribution is -2.28. The van der Waals surface area contributed by atoms with Crippen LogP contribution in [0.25, 0.3) is 0 Å². The summed E-state index contributed by atoms with van der Waals surface area (Å²) in [5.41, 5.74) is 0. The zero-order chi connectivity index (χ0) is 17.5. The van der Waals surface area contributed by atoms with Gasteiger partial charge in [-0.3, -0.25) is 0 Å². The largest absolute Gasteiger partial charge is 0.479 e. The highest BCUT2D eigenvalue weighted by Crippen LogP contribution is 2.22. The minimum atomic E-state index is -0.716. The van der Waals surface area contributed by atoms with Crippen molar-refractivity contribution in [2.45, 2.75) is 13.0 Å². The van der Waals surface area contributed by atoms with Crippen LogP contribution in [0.1, 0.15) is 6.92 Å². The summed E-state index contributed by atoms with van der Waals surface area (Å²) < 4.78 is 16.5. The van der Waals surface area contributed by atoms with Gasteiger partial charge in [-0.25, -0.2) is 9.78 Å². The smallest absolute Gasteiger partial charge is 0.352 e.